The summed E-state index contributed by atoms with van der Waals surface area (Å²) in [4.78, 5) is 15.3. The fourth-order valence-electron chi connectivity index (χ4n) is 2.71. The third-order valence-corrected chi connectivity index (χ3v) is 4.32. The van der Waals surface area contributed by atoms with Crippen molar-refractivity contribution in [1.29, 1.82) is 0 Å². The molecule has 3 heterocycles. The van der Waals surface area contributed by atoms with Crippen LogP contribution in [0.4, 0.5) is 0 Å². The molecule has 0 saturated heterocycles. The van der Waals surface area contributed by atoms with E-state index in [9.17, 15) is 0 Å². The summed E-state index contributed by atoms with van der Waals surface area (Å²) < 4.78 is 2.06. The SMILES string of the molecule is CC[C@H](C)N(Cc1ccncc1)Cc1cccn1-c1ncccn1. The molecule has 0 unspecified atom stereocenters. The van der Waals surface area contributed by atoms with Crippen molar-refractivity contribution in [3.8, 4) is 5.95 Å². The molecule has 0 N–H and O–H groups in total. The van der Waals surface area contributed by atoms with E-state index in [0.29, 0.717) is 12.0 Å². The number of aromatic nitrogens is 4. The van der Waals surface area contributed by atoms with Crippen LogP contribution in [0.5, 0.6) is 0 Å². The van der Waals surface area contributed by atoms with Crippen LogP contribution in [0.15, 0.2) is 61.3 Å². The molecule has 124 valence electrons. The van der Waals surface area contributed by atoms with Gasteiger partial charge in [0, 0.05) is 55.8 Å². The first-order chi connectivity index (χ1) is 11.8. The second-order valence-corrected chi connectivity index (χ2v) is 5.94. The highest BCUT2D eigenvalue weighted by atomic mass is 15.2. The van der Waals surface area contributed by atoms with E-state index in [0.717, 1.165) is 19.5 Å². The topological polar surface area (TPSA) is 46.8 Å². The molecule has 1 atom stereocenters. The Morgan fingerprint density at radius 2 is 1.75 bits per heavy atom. The van der Waals surface area contributed by atoms with E-state index in [1.165, 1.54) is 11.3 Å². The van der Waals surface area contributed by atoms with Gasteiger partial charge in [-0.15, -0.1) is 0 Å². The van der Waals surface area contributed by atoms with Gasteiger partial charge in [0.25, 0.3) is 0 Å². The molecule has 0 aliphatic carbocycles. The molecule has 0 radical (unpaired) electrons. The van der Waals surface area contributed by atoms with Gasteiger partial charge in [-0.1, -0.05) is 6.92 Å². The molecular formula is C19H23N5. The molecule has 0 amide bonds. The second kappa shape index (κ2) is 7.84. The minimum Gasteiger partial charge on any atom is -0.291 e. The first kappa shape index (κ1) is 16.3. The minimum atomic E-state index is 0.484. The smallest absolute Gasteiger partial charge is 0.233 e. The normalized spacial score (nSPS) is 12.5. The van der Waals surface area contributed by atoms with Gasteiger partial charge in [-0.3, -0.25) is 14.5 Å². The first-order valence-corrected chi connectivity index (χ1v) is 8.34. The summed E-state index contributed by atoms with van der Waals surface area (Å²) in [6, 6.07) is 10.7. The molecule has 0 aromatic carbocycles. The van der Waals surface area contributed by atoms with E-state index in [1.54, 1.807) is 12.4 Å². The van der Waals surface area contributed by atoms with Crippen LogP contribution < -0.4 is 0 Å². The lowest BCUT2D eigenvalue weighted by Gasteiger charge is -2.28. The monoisotopic (exact) mass is 321 g/mol. The summed E-state index contributed by atoms with van der Waals surface area (Å²) in [6.07, 6.45) is 10.4. The Bertz CT molecular complexity index is 739. The summed E-state index contributed by atoms with van der Waals surface area (Å²) in [7, 11) is 0. The van der Waals surface area contributed by atoms with Crippen LogP contribution in [0.3, 0.4) is 0 Å². The standard InChI is InChI=1S/C19H23N5/c1-3-16(2)23(14-17-7-11-20-12-8-17)15-18-6-4-13-24(18)19-21-9-5-10-22-19/h4-13,16H,3,14-15H2,1-2H3/t16-/m0/s1. The quantitative estimate of drug-likeness (QED) is 0.668. The molecule has 24 heavy (non-hydrogen) atoms. The molecule has 5 nitrogen and oxygen atoms in total. The van der Waals surface area contributed by atoms with Crippen molar-refractivity contribution in [3.63, 3.8) is 0 Å². The molecule has 0 aliphatic heterocycles. The van der Waals surface area contributed by atoms with Crippen molar-refractivity contribution in [1.82, 2.24) is 24.4 Å². The Hall–Kier alpha value is -2.53. The largest absolute Gasteiger partial charge is 0.291 e. The van der Waals surface area contributed by atoms with E-state index in [-0.39, 0.29) is 0 Å². The first-order valence-electron chi connectivity index (χ1n) is 8.34. The molecule has 0 bridgehead atoms. The molecule has 3 aromatic rings. The third-order valence-electron chi connectivity index (χ3n) is 4.32. The lowest BCUT2D eigenvalue weighted by Crippen LogP contribution is -2.32. The number of hydrogen-bond acceptors (Lipinski definition) is 4. The molecule has 0 saturated carbocycles. The average Bonchev–Trinajstić information content (AvgIpc) is 3.10. The van der Waals surface area contributed by atoms with Crippen molar-refractivity contribution >= 4 is 0 Å². The summed E-state index contributed by atoms with van der Waals surface area (Å²) in [5.41, 5.74) is 2.47. The Balaban J connectivity index is 1.82. The van der Waals surface area contributed by atoms with Gasteiger partial charge < -0.3 is 0 Å². The summed E-state index contributed by atoms with van der Waals surface area (Å²) in [5.74, 6) is 0.713. The summed E-state index contributed by atoms with van der Waals surface area (Å²) >= 11 is 0. The minimum absolute atomic E-state index is 0.484. The highest BCUT2D eigenvalue weighted by Gasteiger charge is 2.16. The molecule has 0 aliphatic rings. The molecule has 3 rings (SSSR count). The van der Waals surface area contributed by atoms with Gasteiger partial charge in [0.15, 0.2) is 0 Å². The lowest BCUT2D eigenvalue weighted by atomic mass is 10.1. The maximum absolute atomic E-state index is 4.36. The van der Waals surface area contributed by atoms with Gasteiger partial charge in [-0.05, 0) is 49.2 Å². The van der Waals surface area contributed by atoms with Gasteiger partial charge in [0.05, 0.1) is 0 Å². The second-order valence-electron chi connectivity index (χ2n) is 5.94. The number of rotatable bonds is 7. The van der Waals surface area contributed by atoms with Crippen molar-refractivity contribution in [2.24, 2.45) is 0 Å². The number of hydrogen-bond donors (Lipinski definition) is 0. The predicted octanol–water partition coefficient (Wildman–Crippen LogP) is 3.46. The van der Waals surface area contributed by atoms with Gasteiger partial charge in [-0.2, -0.15) is 0 Å². The van der Waals surface area contributed by atoms with Gasteiger partial charge in [-0.25, -0.2) is 9.97 Å². The van der Waals surface area contributed by atoms with E-state index >= 15 is 0 Å². The van der Waals surface area contributed by atoms with Gasteiger partial charge >= 0.3 is 0 Å². The highest BCUT2D eigenvalue weighted by molar-refractivity contribution is 5.21. The van der Waals surface area contributed by atoms with E-state index in [4.69, 9.17) is 0 Å². The zero-order valence-corrected chi connectivity index (χ0v) is 14.2. The fourth-order valence-corrected chi connectivity index (χ4v) is 2.71. The molecular weight excluding hydrogens is 298 g/mol. The van der Waals surface area contributed by atoms with Gasteiger partial charge in [0.1, 0.15) is 0 Å². The summed E-state index contributed by atoms with van der Waals surface area (Å²) in [6.45, 7) is 6.25. The zero-order chi connectivity index (χ0) is 16.8. The van der Waals surface area contributed by atoms with Crippen LogP contribution >= 0.6 is 0 Å². The van der Waals surface area contributed by atoms with E-state index in [2.05, 4.69) is 56.5 Å². The van der Waals surface area contributed by atoms with Crippen LogP contribution in [0.2, 0.25) is 0 Å². The van der Waals surface area contributed by atoms with E-state index < -0.39 is 0 Å². The van der Waals surface area contributed by atoms with Crippen molar-refractivity contribution in [2.45, 2.75) is 39.4 Å². The zero-order valence-electron chi connectivity index (χ0n) is 14.2. The third kappa shape index (κ3) is 3.86. The number of nitrogens with zero attached hydrogens (tertiary/aromatic N) is 5. The molecule has 0 fully saturated rings. The number of pyridine rings is 1. The van der Waals surface area contributed by atoms with Crippen molar-refractivity contribution < 1.29 is 0 Å². The Labute approximate surface area is 143 Å². The van der Waals surface area contributed by atoms with Gasteiger partial charge in [0.2, 0.25) is 5.95 Å². The fraction of sp³-hybridized carbons (Fsp3) is 0.316. The van der Waals surface area contributed by atoms with Crippen molar-refractivity contribution in [2.75, 3.05) is 0 Å². The molecule has 5 heteroatoms. The van der Waals surface area contributed by atoms with Crippen LogP contribution in [0.25, 0.3) is 5.95 Å². The van der Waals surface area contributed by atoms with Crippen LogP contribution in [-0.4, -0.2) is 30.5 Å². The summed E-state index contributed by atoms with van der Waals surface area (Å²) in [5, 5.41) is 0. The van der Waals surface area contributed by atoms with Crippen LogP contribution in [-0.2, 0) is 13.1 Å². The Kier molecular flexibility index (Phi) is 5.33. The van der Waals surface area contributed by atoms with Crippen LogP contribution in [0, 0.1) is 0 Å². The van der Waals surface area contributed by atoms with E-state index in [1.807, 2.05) is 30.7 Å². The maximum Gasteiger partial charge on any atom is 0.233 e. The maximum atomic E-state index is 4.36. The Morgan fingerprint density at radius 1 is 1.00 bits per heavy atom. The molecule has 3 aromatic heterocycles. The predicted molar refractivity (Wildman–Crippen MR) is 94.6 cm³/mol. The molecule has 0 spiro atoms. The highest BCUT2D eigenvalue weighted by Crippen LogP contribution is 2.17. The average molecular weight is 321 g/mol. The van der Waals surface area contributed by atoms with Crippen LogP contribution in [0.1, 0.15) is 31.5 Å². The lowest BCUT2D eigenvalue weighted by molar-refractivity contribution is 0.183. The van der Waals surface area contributed by atoms with Crippen molar-refractivity contribution in [3.05, 3.63) is 72.6 Å². The Morgan fingerprint density at radius 3 is 2.46 bits per heavy atom.